The molecule has 2 N–H and O–H groups in total. The molecule has 2 rings (SSSR count). The number of carbonyl (C=O) groups is 1. The van der Waals surface area contributed by atoms with Gasteiger partial charge in [0, 0.05) is 11.6 Å². The van der Waals surface area contributed by atoms with Gasteiger partial charge in [0.15, 0.2) is 0 Å². The summed E-state index contributed by atoms with van der Waals surface area (Å²) in [7, 11) is 0. The number of hydrogen-bond acceptors (Lipinski definition) is 2. The minimum Gasteiger partial charge on any atom is -0.392 e. The zero-order valence-corrected chi connectivity index (χ0v) is 11.8. The largest absolute Gasteiger partial charge is 0.392 e. The third kappa shape index (κ3) is 3.35. The van der Waals surface area contributed by atoms with Crippen LogP contribution in [0.3, 0.4) is 0 Å². The van der Waals surface area contributed by atoms with Crippen molar-refractivity contribution in [3.63, 3.8) is 0 Å². The summed E-state index contributed by atoms with van der Waals surface area (Å²) >= 11 is 0. The summed E-state index contributed by atoms with van der Waals surface area (Å²) in [6, 6.07) is 7.36. The van der Waals surface area contributed by atoms with E-state index in [0.717, 1.165) is 30.5 Å². The van der Waals surface area contributed by atoms with Gasteiger partial charge in [0.2, 0.25) is 5.91 Å². The van der Waals surface area contributed by atoms with Gasteiger partial charge >= 0.3 is 0 Å². The number of amides is 1. The van der Waals surface area contributed by atoms with E-state index in [4.69, 9.17) is 5.11 Å². The van der Waals surface area contributed by atoms with Gasteiger partial charge in [-0.2, -0.15) is 0 Å². The average molecular weight is 261 g/mol. The third-order valence-electron chi connectivity index (χ3n) is 4.23. The second-order valence-electron chi connectivity index (χ2n) is 6.13. The number of nitrogens with one attached hydrogen (secondary N) is 1. The Bertz CT molecular complexity index is 437. The molecule has 1 amide bonds. The number of benzene rings is 1. The van der Waals surface area contributed by atoms with E-state index in [1.807, 2.05) is 24.3 Å². The van der Waals surface area contributed by atoms with Crippen molar-refractivity contribution >= 4 is 11.6 Å². The van der Waals surface area contributed by atoms with Gasteiger partial charge in [-0.05, 0) is 36.0 Å². The quantitative estimate of drug-likeness (QED) is 0.876. The number of carbonyl (C=O) groups excluding carboxylic acids is 1. The highest BCUT2D eigenvalue weighted by atomic mass is 16.3. The lowest BCUT2D eigenvalue weighted by molar-refractivity contribution is -0.124. The van der Waals surface area contributed by atoms with Crippen molar-refractivity contribution in [1.82, 2.24) is 0 Å². The van der Waals surface area contributed by atoms with Crippen molar-refractivity contribution in [1.29, 1.82) is 0 Å². The van der Waals surface area contributed by atoms with Crippen LogP contribution in [0.5, 0.6) is 0 Å². The minimum absolute atomic E-state index is 0.0316. The molecule has 1 aliphatic rings. The Morgan fingerprint density at radius 2 is 2.00 bits per heavy atom. The lowest BCUT2D eigenvalue weighted by Gasteiger charge is -2.37. The topological polar surface area (TPSA) is 49.3 Å². The van der Waals surface area contributed by atoms with Crippen molar-refractivity contribution in [2.75, 3.05) is 5.32 Å². The molecular formula is C16H23NO2. The van der Waals surface area contributed by atoms with E-state index in [2.05, 4.69) is 19.2 Å². The molecule has 1 fully saturated rings. The zero-order chi connectivity index (χ0) is 13.9. The van der Waals surface area contributed by atoms with Gasteiger partial charge in [0.05, 0.1) is 6.61 Å². The SMILES string of the molecule is CC1(C)CCCCC1C(=O)Nc1ccc(CO)cc1. The fraction of sp³-hybridized carbons (Fsp3) is 0.562. The summed E-state index contributed by atoms with van der Waals surface area (Å²) < 4.78 is 0. The summed E-state index contributed by atoms with van der Waals surface area (Å²) in [6.07, 6.45) is 4.47. The molecule has 1 aromatic carbocycles. The van der Waals surface area contributed by atoms with Crippen LogP contribution >= 0.6 is 0 Å². The van der Waals surface area contributed by atoms with Crippen LogP contribution in [-0.2, 0) is 11.4 Å². The van der Waals surface area contributed by atoms with Crippen LogP contribution in [-0.4, -0.2) is 11.0 Å². The first-order valence-electron chi connectivity index (χ1n) is 7.03. The molecule has 3 nitrogen and oxygen atoms in total. The van der Waals surface area contributed by atoms with Crippen LogP contribution in [0.15, 0.2) is 24.3 Å². The maximum Gasteiger partial charge on any atom is 0.228 e. The molecule has 19 heavy (non-hydrogen) atoms. The summed E-state index contributed by atoms with van der Waals surface area (Å²) in [6.45, 7) is 4.40. The van der Waals surface area contributed by atoms with Gasteiger partial charge in [-0.25, -0.2) is 0 Å². The normalized spacial score (nSPS) is 21.9. The van der Waals surface area contributed by atoms with Crippen LogP contribution in [0.2, 0.25) is 0 Å². The molecule has 1 saturated carbocycles. The van der Waals surface area contributed by atoms with Crippen LogP contribution in [0.4, 0.5) is 5.69 Å². The van der Waals surface area contributed by atoms with Gasteiger partial charge in [-0.15, -0.1) is 0 Å². The second-order valence-corrected chi connectivity index (χ2v) is 6.13. The standard InChI is InChI=1S/C16H23NO2/c1-16(2)10-4-3-5-14(16)15(19)17-13-8-6-12(11-18)7-9-13/h6-9,14,18H,3-5,10-11H2,1-2H3,(H,17,19). The van der Waals surface area contributed by atoms with Crippen molar-refractivity contribution in [2.24, 2.45) is 11.3 Å². The third-order valence-corrected chi connectivity index (χ3v) is 4.23. The Hall–Kier alpha value is -1.35. The maximum absolute atomic E-state index is 12.4. The first-order valence-corrected chi connectivity index (χ1v) is 7.03. The van der Waals surface area contributed by atoms with Gasteiger partial charge in [-0.3, -0.25) is 4.79 Å². The Kier molecular flexibility index (Phi) is 4.25. The first kappa shape index (κ1) is 14.1. The van der Waals surface area contributed by atoms with Crippen molar-refractivity contribution in [2.45, 2.75) is 46.1 Å². The number of anilines is 1. The molecule has 3 heteroatoms. The number of hydrogen-bond donors (Lipinski definition) is 2. The highest BCUT2D eigenvalue weighted by molar-refractivity contribution is 5.93. The van der Waals surface area contributed by atoms with Gasteiger partial charge in [-0.1, -0.05) is 38.8 Å². The smallest absolute Gasteiger partial charge is 0.228 e. The zero-order valence-electron chi connectivity index (χ0n) is 11.8. The molecule has 0 heterocycles. The summed E-state index contributed by atoms with van der Waals surface area (Å²) in [5, 5.41) is 12.0. The lowest BCUT2D eigenvalue weighted by Crippen LogP contribution is -2.37. The Labute approximate surface area is 115 Å². The minimum atomic E-state index is 0.0316. The Balaban J connectivity index is 2.03. The summed E-state index contributed by atoms with van der Waals surface area (Å²) in [5.41, 5.74) is 1.76. The van der Waals surface area contributed by atoms with Crippen molar-refractivity contribution in [3.8, 4) is 0 Å². The van der Waals surface area contributed by atoms with E-state index in [-0.39, 0.29) is 23.8 Å². The molecule has 0 spiro atoms. The summed E-state index contributed by atoms with van der Waals surface area (Å²) in [4.78, 5) is 12.4. The van der Waals surface area contributed by atoms with Crippen molar-refractivity contribution in [3.05, 3.63) is 29.8 Å². The molecule has 1 aromatic rings. The van der Waals surface area contributed by atoms with Crippen LogP contribution < -0.4 is 5.32 Å². The predicted molar refractivity (Wildman–Crippen MR) is 76.7 cm³/mol. The second kappa shape index (κ2) is 5.74. The van der Waals surface area contributed by atoms with Gasteiger partial charge < -0.3 is 10.4 Å². The van der Waals surface area contributed by atoms with E-state index in [1.54, 1.807) is 0 Å². The van der Waals surface area contributed by atoms with Gasteiger partial charge in [0.1, 0.15) is 0 Å². The van der Waals surface area contributed by atoms with E-state index in [0.29, 0.717) is 0 Å². The Morgan fingerprint density at radius 3 is 2.58 bits per heavy atom. The highest BCUT2D eigenvalue weighted by Gasteiger charge is 2.36. The molecule has 1 atom stereocenters. The predicted octanol–water partition coefficient (Wildman–Crippen LogP) is 3.33. The molecule has 0 radical (unpaired) electrons. The molecule has 0 aliphatic heterocycles. The number of rotatable bonds is 3. The molecule has 1 aliphatic carbocycles. The van der Waals surface area contributed by atoms with Crippen LogP contribution in [0.1, 0.15) is 45.1 Å². The average Bonchev–Trinajstić information content (AvgIpc) is 2.39. The lowest BCUT2D eigenvalue weighted by atomic mass is 9.68. The maximum atomic E-state index is 12.4. The molecule has 1 unspecified atom stereocenters. The number of aliphatic hydroxyl groups is 1. The number of aliphatic hydroxyl groups excluding tert-OH is 1. The molecule has 104 valence electrons. The Morgan fingerprint density at radius 1 is 1.32 bits per heavy atom. The van der Waals surface area contributed by atoms with Crippen LogP contribution in [0, 0.1) is 11.3 Å². The van der Waals surface area contributed by atoms with Crippen LogP contribution in [0.25, 0.3) is 0 Å². The fourth-order valence-corrected chi connectivity index (χ4v) is 2.90. The molecular weight excluding hydrogens is 238 g/mol. The van der Waals surface area contributed by atoms with Crippen molar-refractivity contribution < 1.29 is 9.90 Å². The fourth-order valence-electron chi connectivity index (χ4n) is 2.90. The molecule has 0 saturated heterocycles. The summed E-state index contributed by atoms with van der Waals surface area (Å²) in [5.74, 6) is 0.222. The van der Waals surface area contributed by atoms with Gasteiger partial charge in [0.25, 0.3) is 0 Å². The first-order chi connectivity index (χ1) is 9.03. The molecule has 0 aromatic heterocycles. The van der Waals surface area contributed by atoms with E-state index in [9.17, 15) is 4.79 Å². The molecule has 0 bridgehead atoms. The monoisotopic (exact) mass is 261 g/mol. The van der Waals surface area contributed by atoms with E-state index in [1.165, 1.54) is 6.42 Å². The highest BCUT2D eigenvalue weighted by Crippen LogP contribution is 2.41. The van der Waals surface area contributed by atoms with E-state index >= 15 is 0 Å². The van der Waals surface area contributed by atoms with E-state index < -0.39 is 0 Å².